The molecule has 0 saturated heterocycles. The average molecular weight is 483 g/mol. The van der Waals surface area contributed by atoms with Crippen LogP contribution in [0.4, 0.5) is 0 Å². The number of carbonyl (C=O) groups excluding carboxylic acids is 3. The molecule has 0 aromatic rings. The molecular weight excluding hydrogens is 444 g/mol. The van der Waals surface area contributed by atoms with E-state index in [1.54, 1.807) is 0 Å². The Bertz CT molecular complexity index is 428. The zero-order chi connectivity index (χ0) is 26.3. The van der Waals surface area contributed by atoms with Crippen molar-refractivity contribution in [3.05, 3.63) is 38.0 Å². The minimum Gasteiger partial charge on any atom is -0.394 e. The van der Waals surface area contributed by atoms with Crippen LogP contribution in [-0.4, -0.2) is 72.4 Å². The lowest BCUT2D eigenvalue weighted by Gasteiger charge is -1.96. The van der Waals surface area contributed by atoms with Gasteiger partial charge in [-0.1, -0.05) is 40.5 Å². The lowest BCUT2D eigenvalue weighted by Crippen LogP contribution is -2.15. The molecule has 0 aliphatic heterocycles. The maximum atomic E-state index is 10.2. The van der Waals surface area contributed by atoms with Gasteiger partial charge in [0.2, 0.25) is 0 Å². The molecule has 12 heteroatoms. The minimum absolute atomic E-state index is 0.365. The molecule has 3 N–H and O–H groups in total. The third-order valence-electron chi connectivity index (χ3n) is 2.21. The normalized spacial score (nSPS) is 8.82. The van der Waals surface area contributed by atoms with Crippen LogP contribution in [0.25, 0.3) is 0 Å². The Morgan fingerprint density at radius 3 is 1.03 bits per heavy atom. The molecule has 33 heavy (non-hydrogen) atoms. The third-order valence-corrected chi connectivity index (χ3v) is 2.21. The summed E-state index contributed by atoms with van der Waals surface area (Å²) in [6, 6.07) is 0. The molecular formula is C21H38O12. The molecule has 0 radical (unpaired) electrons. The van der Waals surface area contributed by atoms with Crippen molar-refractivity contribution in [2.45, 2.75) is 46.1 Å². The number of hydrogen-bond donors (Lipinski definition) is 3. The van der Waals surface area contributed by atoms with Crippen LogP contribution >= 0.6 is 0 Å². The summed E-state index contributed by atoms with van der Waals surface area (Å²) in [6.07, 6.45) is 4.67. The van der Waals surface area contributed by atoms with Crippen molar-refractivity contribution in [2.24, 2.45) is 0 Å². The SMILES string of the molecule is C=CC(=O)OOCCC.C=CC(=O)OOCCC.C=CC(=O)OOCCC.OCC(O)CO. The lowest BCUT2D eigenvalue weighted by molar-refractivity contribution is -0.267. The van der Waals surface area contributed by atoms with E-state index in [1.807, 2.05) is 20.8 Å². The smallest absolute Gasteiger partial charge is 0.365 e. The number of aliphatic hydroxyl groups excluding tert-OH is 3. The Hall–Kier alpha value is -2.61. The van der Waals surface area contributed by atoms with E-state index < -0.39 is 24.0 Å². The average Bonchev–Trinajstić information content (AvgIpc) is 2.84. The summed E-state index contributed by atoms with van der Waals surface area (Å²) in [5.41, 5.74) is 0. The predicted molar refractivity (Wildman–Crippen MR) is 118 cm³/mol. The van der Waals surface area contributed by atoms with Crippen molar-refractivity contribution >= 4 is 17.9 Å². The van der Waals surface area contributed by atoms with Gasteiger partial charge in [0, 0.05) is 18.2 Å². The summed E-state index contributed by atoms with van der Waals surface area (Å²) in [6.45, 7) is 15.9. The minimum atomic E-state index is -0.954. The Labute approximate surface area is 194 Å². The van der Waals surface area contributed by atoms with Gasteiger partial charge in [0.05, 0.1) is 33.0 Å². The van der Waals surface area contributed by atoms with Gasteiger partial charge in [0.15, 0.2) is 0 Å². The fourth-order valence-corrected chi connectivity index (χ4v) is 0.709. The summed E-state index contributed by atoms with van der Waals surface area (Å²) in [4.78, 5) is 56.4. The van der Waals surface area contributed by atoms with E-state index in [4.69, 9.17) is 15.3 Å². The van der Waals surface area contributed by atoms with Crippen LogP contribution in [0.2, 0.25) is 0 Å². The molecule has 0 atom stereocenters. The number of carbonyl (C=O) groups is 3. The van der Waals surface area contributed by atoms with Crippen LogP contribution in [0, 0.1) is 0 Å². The van der Waals surface area contributed by atoms with Gasteiger partial charge in [-0.05, 0) is 19.3 Å². The quantitative estimate of drug-likeness (QED) is 0.141. The van der Waals surface area contributed by atoms with Gasteiger partial charge >= 0.3 is 17.9 Å². The zero-order valence-corrected chi connectivity index (χ0v) is 19.6. The topological polar surface area (TPSA) is 167 Å². The Morgan fingerprint density at radius 1 is 0.667 bits per heavy atom. The van der Waals surface area contributed by atoms with Crippen molar-refractivity contribution in [3.63, 3.8) is 0 Å². The van der Waals surface area contributed by atoms with Crippen LogP contribution in [-0.2, 0) is 43.7 Å². The molecule has 0 aliphatic carbocycles. The molecule has 0 aromatic heterocycles. The molecule has 0 bridgehead atoms. The van der Waals surface area contributed by atoms with E-state index in [-0.39, 0.29) is 13.2 Å². The standard InChI is InChI=1S/3C6H10O3.C3H8O3/c3*1-3-5-8-9-6(7)4-2;4-1-3(6)2-5/h3*4H,2-3,5H2,1H3;3-6H,1-2H2. The first-order valence-corrected chi connectivity index (χ1v) is 10.0. The second-order valence-corrected chi connectivity index (χ2v) is 5.30. The van der Waals surface area contributed by atoms with E-state index in [0.29, 0.717) is 19.8 Å². The molecule has 12 nitrogen and oxygen atoms in total. The van der Waals surface area contributed by atoms with Gasteiger partial charge < -0.3 is 15.3 Å². The Balaban J connectivity index is -0.000000172. The molecule has 194 valence electrons. The molecule has 0 heterocycles. The monoisotopic (exact) mass is 482 g/mol. The first-order valence-electron chi connectivity index (χ1n) is 10.0. The number of aliphatic hydroxyl groups is 3. The summed E-state index contributed by atoms with van der Waals surface area (Å²) in [7, 11) is 0. The second kappa shape index (κ2) is 34.0. The van der Waals surface area contributed by atoms with Crippen LogP contribution in [0.5, 0.6) is 0 Å². The first kappa shape index (κ1) is 37.7. The fraction of sp³-hybridized carbons (Fsp3) is 0.571. The fourth-order valence-electron chi connectivity index (χ4n) is 0.709. The van der Waals surface area contributed by atoms with Crippen LogP contribution in [0.15, 0.2) is 38.0 Å². The Morgan fingerprint density at radius 2 is 0.909 bits per heavy atom. The van der Waals surface area contributed by atoms with Gasteiger partial charge in [0.1, 0.15) is 6.10 Å². The van der Waals surface area contributed by atoms with Gasteiger partial charge in [-0.15, -0.1) is 0 Å². The van der Waals surface area contributed by atoms with Crippen molar-refractivity contribution in [3.8, 4) is 0 Å². The van der Waals surface area contributed by atoms with E-state index in [9.17, 15) is 14.4 Å². The molecule has 0 amide bonds. The first-order chi connectivity index (χ1) is 15.7. The highest BCUT2D eigenvalue weighted by atomic mass is 17.2. The highest BCUT2D eigenvalue weighted by Gasteiger charge is 1.95. The van der Waals surface area contributed by atoms with Crippen molar-refractivity contribution in [2.75, 3.05) is 33.0 Å². The number of rotatable bonds is 14. The molecule has 0 unspecified atom stereocenters. The largest absolute Gasteiger partial charge is 0.394 e. The number of hydrogen-bond acceptors (Lipinski definition) is 12. The summed E-state index contributed by atoms with van der Waals surface area (Å²) >= 11 is 0. The van der Waals surface area contributed by atoms with Crippen LogP contribution in [0.3, 0.4) is 0 Å². The van der Waals surface area contributed by atoms with Gasteiger partial charge in [-0.2, -0.15) is 14.7 Å². The highest BCUT2D eigenvalue weighted by Crippen LogP contribution is 1.85. The van der Waals surface area contributed by atoms with Crippen molar-refractivity contribution in [1.82, 2.24) is 0 Å². The molecule has 0 saturated carbocycles. The lowest BCUT2D eigenvalue weighted by atomic mass is 10.4. The van der Waals surface area contributed by atoms with E-state index in [0.717, 1.165) is 37.5 Å². The summed E-state index contributed by atoms with van der Waals surface area (Å²) in [5, 5.41) is 24.0. The predicted octanol–water partition coefficient (Wildman–Crippen LogP) is 1.50. The van der Waals surface area contributed by atoms with Crippen molar-refractivity contribution in [1.29, 1.82) is 0 Å². The summed E-state index contributed by atoms with van der Waals surface area (Å²) in [5.74, 6) is -1.66. The third kappa shape index (κ3) is 44.0. The molecule has 0 fully saturated rings. The van der Waals surface area contributed by atoms with E-state index in [1.165, 1.54) is 0 Å². The maximum Gasteiger partial charge on any atom is 0.365 e. The molecule has 0 aliphatic rings. The second-order valence-electron chi connectivity index (χ2n) is 5.30. The van der Waals surface area contributed by atoms with Gasteiger partial charge in [0.25, 0.3) is 0 Å². The molecule has 0 spiro atoms. The highest BCUT2D eigenvalue weighted by molar-refractivity contribution is 5.81. The molecule has 0 aromatic carbocycles. The van der Waals surface area contributed by atoms with Crippen molar-refractivity contribution < 1.29 is 59.0 Å². The van der Waals surface area contributed by atoms with Gasteiger partial charge in [-0.25, -0.2) is 14.4 Å². The van der Waals surface area contributed by atoms with E-state index >= 15 is 0 Å². The Kier molecular flexibility index (Phi) is 38.8. The van der Waals surface area contributed by atoms with Crippen LogP contribution in [0.1, 0.15) is 40.0 Å². The maximum absolute atomic E-state index is 10.2. The van der Waals surface area contributed by atoms with Crippen LogP contribution < -0.4 is 0 Å². The molecule has 0 rings (SSSR count). The summed E-state index contributed by atoms with van der Waals surface area (Å²) < 4.78 is 0. The zero-order valence-electron chi connectivity index (χ0n) is 19.6. The van der Waals surface area contributed by atoms with E-state index in [2.05, 4.69) is 49.1 Å². The van der Waals surface area contributed by atoms with Gasteiger partial charge in [-0.3, -0.25) is 14.7 Å².